The molecule has 0 aliphatic rings. The predicted octanol–water partition coefficient (Wildman–Crippen LogP) is -0.262. The third kappa shape index (κ3) is 2.19. The van der Waals surface area contributed by atoms with E-state index in [1.807, 2.05) is 6.92 Å². The zero-order valence-corrected chi connectivity index (χ0v) is 6.59. The molecule has 4 N–H and O–H groups in total. The molecule has 5 heteroatoms. The molecule has 1 heterocycles. The largest absolute Gasteiger partial charge is 0.353 e. The van der Waals surface area contributed by atoms with Crippen molar-refractivity contribution in [2.45, 2.75) is 13.3 Å². The third-order valence-corrected chi connectivity index (χ3v) is 1.31. The van der Waals surface area contributed by atoms with Gasteiger partial charge in [0.15, 0.2) is 0 Å². The van der Waals surface area contributed by atoms with Crippen LogP contribution in [0.3, 0.4) is 0 Å². The second-order valence-corrected chi connectivity index (χ2v) is 2.19. The lowest BCUT2D eigenvalue weighted by Crippen LogP contribution is -2.13. The minimum Gasteiger partial charge on any atom is -0.353 e. The first kappa shape index (κ1) is 8.00. The maximum atomic E-state index is 5.29. The van der Waals surface area contributed by atoms with E-state index < -0.39 is 0 Å². The lowest BCUT2D eigenvalue weighted by Gasteiger charge is -1.96. The normalized spacial score (nSPS) is 10.0. The number of anilines is 1. The Morgan fingerprint density at radius 2 is 2.36 bits per heavy atom. The molecule has 0 aliphatic heterocycles. The predicted molar refractivity (Wildman–Crippen MR) is 43.3 cm³/mol. The molecule has 5 nitrogen and oxygen atoms in total. The van der Waals surface area contributed by atoms with Crippen molar-refractivity contribution in [2.24, 2.45) is 5.73 Å². The van der Waals surface area contributed by atoms with Crippen LogP contribution in [0.1, 0.15) is 12.7 Å². The number of H-pyrrole nitrogens is 1. The van der Waals surface area contributed by atoms with E-state index >= 15 is 0 Å². The SMILES string of the molecule is CCc1nnc(NCCN)[nH]1. The first-order valence-corrected chi connectivity index (χ1v) is 3.72. The molecule has 0 spiro atoms. The Morgan fingerprint density at radius 1 is 1.55 bits per heavy atom. The fraction of sp³-hybridized carbons (Fsp3) is 0.667. The van der Waals surface area contributed by atoms with Crippen LogP contribution in [0.5, 0.6) is 0 Å². The van der Waals surface area contributed by atoms with Crippen molar-refractivity contribution in [3.05, 3.63) is 5.82 Å². The Hall–Kier alpha value is -1.10. The van der Waals surface area contributed by atoms with Gasteiger partial charge >= 0.3 is 0 Å². The molecule has 11 heavy (non-hydrogen) atoms. The Morgan fingerprint density at radius 3 is 2.91 bits per heavy atom. The van der Waals surface area contributed by atoms with Crippen LogP contribution in [0.25, 0.3) is 0 Å². The summed E-state index contributed by atoms with van der Waals surface area (Å²) in [7, 11) is 0. The third-order valence-electron chi connectivity index (χ3n) is 1.31. The summed E-state index contributed by atoms with van der Waals surface area (Å²) in [6, 6.07) is 0. The number of aromatic amines is 1. The van der Waals surface area contributed by atoms with E-state index in [1.165, 1.54) is 0 Å². The minimum absolute atomic E-state index is 0.599. The molecule has 0 saturated heterocycles. The summed E-state index contributed by atoms with van der Waals surface area (Å²) < 4.78 is 0. The van der Waals surface area contributed by atoms with Gasteiger partial charge in [-0.1, -0.05) is 6.92 Å². The van der Waals surface area contributed by atoms with Crippen molar-refractivity contribution in [1.82, 2.24) is 15.2 Å². The zero-order valence-electron chi connectivity index (χ0n) is 6.59. The van der Waals surface area contributed by atoms with Gasteiger partial charge in [0.1, 0.15) is 5.82 Å². The number of hydrogen-bond donors (Lipinski definition) is 3. The van der Waals surface area contributed by atoms with Gasteiger partial charge in [-0.05, 0) is 0 Å². The summed E-state index contributed by atoms with van der Waals surface area (Å²) in [5, 5.41) is 10.7. The van der Waals surface area contributed by atoms with Crippen molar-refractivity contribution < 1.29 is 0 Å². The van der Waals surface area contributed by atoms with Crippen LogP contribution in [-0.2, 0) is 6.42 Å². The van der Waals surface area contributed by atoms with Crippen LogP contribution in [0.2, 0.25) is 0 Å². The van der Waals surface area contributed by atoms with Gasteiger partial charge < -0.3 is 16.0 Å². The van der Waals surface area contributed by atoms with E-state index in [0.29, 0.717) is 12.5 Å². The lowest BCUT2D eigenvalue weighted by molar-refractivity contribution is 0.946. The van der Waals surface area contributed by atoms with E-state index in [4.69, 9.17) is 5.73 Å². The van der Waals surface area contributed by atoms with Crippen LogP contribution in [0.4, 0.5) is 5.95 Å². The van der Waals surface area contributed by atoms with Crippen molar-refractivity contribution in [3.63, 3.8) is 0 Å². The van der Waals surface area contributed by atoms with Crippen molar-refractivity contribution in [3.8, 4) is 0 Å². The van der Waals surface area contributed by atoms with E-state index in [2.05, 4.69) is 20.5 Å². The molecule has 62 valence electrons. The molecular weight excluding hydrogens is 142 g/mol. The molecule has 0 fully saturated rings. The summed E-state index contributed by atoms with van der Waals surface area (Å²) in [5.74, 6) is 1.59. The van der Waals surface area contributed by atoms with Crippen LogP contribution >= 0.6 is 0 Å². The molecule has 0 bridgehead atoms. The molecule has 0 saturated carbocycles. The molecule has 0 aliphatic carbocycles. The minimum atomic E-state index is 0.599. The maximum absolute atomic E-state index is 5.29. The monoisotopic (exact) mass is 155 g/mol. The highest BCUT2D eigenvalue weighted by atomic mass is 15.3. The first-order valence-electron chi connectivity index (χ1n) is 3.72. The van der Waals surface area contributed by atoms with E-state index in [9.17, 15) is 0 Å². The zero-order chi connectivity index (χ0) is 8.10. The Labute approximate surface area is 65.4 Å². The Bertz CT molecular complexity index is 206. The highest BCUT2D eigenvalue weighted by molar-refractivity contribution is 5.22. The molecule has 1 rings (SSSR count). The second-order valence-electron chi connectivity index (χ2n) is 2.19. The van der Waals surface area contributed by atoms with Gasteiger partial charge in [0.2, 0.25) is 5.95 Å². The van der Waals surface area contributed by atoms with E-state index in [-0.39, 0.29) is 0 Å². The van der Waals surface area contributed by atoms with Crippen LogP contribution in [0.15, 0.2) is 0 Å². The van der Waals surface area contributed by atoms with Crippen LogP contribution < -0.4 is 11.1 Å². The summed E-state index contributed by atoms with van der Waals surface area (Å²) in [5.41, 5.74) is 5.29. The fourth-order valence-electron chi connectivity index (χ4n) is 0.726. The highest BCUT2D eigenvalue weighted by Crippen LogP contribution is 1.96. The number of aromatic nitrogens is 3. The molecule has 0 aromatic carbocycles. The van der Waals surface area contributed by atoms with Gasteiger partial charge in [0.25, 0.3) is 0 Å². The van der Waals surface area contributed by atoms with Gasteiger partial charge in [-0.2, -0.15) is 0 Å². The maximum Gasteiger partial charge on any atom is 0.221 e. The van der Waals surface area contributed by atoms with Gasteiger partial charge in [0, 0.05) is 19.5 Å². The average molecular weight is 155 g/mol. The second kappa shape index (κ2) is 3.92. The summed E-state index contributed by atoms with van der Waals surface area (Å²) in [4.78, 5) is 3.01. The standard InChI is InChI=1S/C6H13N5/c1-2-5-9-6(11-10-5)8-4-3-7/h2-4,7H2,1H3,(H2,8,9,10,11). The number of nitrogens with two attached hydrogens (primary N) is 1. The van der Waals surface area contributed by atoms with Crippen molar-refractivity contribution >= 4 is 5.95 Å². The molecule has 0 amide bonds. The fourth-order valence-corrected chi connectivity index (χ4v) is 0.726. The average Bonchev–Trinajstić information content (AvgIpc) is 2.48. The smallest absolute Gasteiger partial charge is 0.221 e. The van der Waals surface area contributed by atoms with Crippen LogP contribution in [-0.4, -0.2) is 28.3 Å². The summed E-state index contributed by atoms with van der Waals surface area (Å²) in [6.07, 6.45) is 0.872. The number of hydrogen-bond acceptors (Lipinski definition) is 4. The van der Waals surface area contributed by atoms with Gasteiger partial charge in [0.05, 0.1) is 0 Å². The molecule has 0 atom stereocenters. The number of nitrogens with one attached hydrogen (secondary N) is 2. The molecule has 1 aromatic rings. The topological polar surface area (TPSA) is 79.6 Å². The lowest BCUT2D eigenvalue weighted by atomic mass is 10.5. The van der Waals surface area contributed by atoms with Crippen LogP contribution in [0, 0.1) is 0 Å². The molecule has 1 aromatic heterocycles. The number of rotatable bonds is 4. The van der Waals surface area contributed by atoms with Crippen molar-refractivity contribution in [2.75, 3.05) is 18.4 Å². The number of nitrogens with zero attached hydrogens (tertiary/aromatic N) is 2. The Balaban J connectivity index is 2.44. The van der Waals surface area contributed by atoms with Gasteiger partial charge in [-0.25, -0.2) is 0 Å². The molecule has 0 unspecified atom stereocenters. The van der Waals surface area contributed by atoms with Gasteiger partial charge in [-0.3, -0.25) is 0 Å². The molecule has 0 radical (unpaired) electrons. The quantitative estimate of drug-likeness (QED) is 0.559. The van der Waals surface area contributed by atoms with Gasteiger partial charge in [-0.15, -0.1) is 10.2 Å². The Kier molecular flexibility index (Phi) is 2.85. The first-order chi connectivity index (χ1) is 5.36. The number of aryl methyl sites for hydroxylation is 1. The summed E-state index contributed by atoms with van der Waals surface area (Å²) >= 11 is 0. The van der Waals surface area contributed by atoms with E-state index in [1.54, 1.807) is 0 Å². The molecular formula is C6H13N5. The summed E-state index contributed by atoms with van der Waals surface area (Å²) in [6.45, 7) is 3.34. The highest BCUT2D eigenvalue weighted by Gasteiger charge is 1.97. The van der Waals surface area contributed by atoms with E-state index in [0.717, 1.165) is 18.8 Å². The van der Waals surface area contributed by atoms with Crippen molar-refractivity contribution in [1.29, 1.82) is 0 Å².